The average Bonchev–Trinajstić information content (AvgIpc) is 2.91. The van der Waals surface area contributed by atoms with E-state index in [9.17, 15) is 41.9 Å². The van der Waals surface area contributed by atoms with Crippen LogP contribution in [0.4, 0.5) is 22.0 Å². The minimum absolute atomic E-state index is 0.0153. The quantitative estimate of drug-likeness (QED) is 0.291. The van der Waals surface area contributed by atoms with Gasteiger partial charge in [0.2, 0.25) is 0 Å². The van der Waals surface area contributed by atoms with Gasteiger partial charge in [-0.1, -0.05) is 6.07 Å². The summed E-state index contributed by atoms with van der Waals surface area (Å²) in [6.07, 6.45) is -5.04. The molecule has 1 heterocycles. The summed E-state index contributed by atoms with van der Waals surface area (Å²) in [7, 11) is 3.01. The summed E-state index contributed by atoms with van der Waals surface area (Å²) in [6.45, 7) is -0.582. The average molecular weight is 569 g/mol. The highest BCUT2D eigenvalue weighted by molar-refractivity contribution is 5.96. The minimum Gasteiger partial charge on any atom is -0.507 e. The molecule has 0 bridgehead atoms. The molecule has 0 unspecified atom stereocenters. The number of alkyl halides is 3. The lowest BCUT2D eigenvalue weighted by atomic mass is 10.0. The molecule has 1 N–H and O–H groups in total. The van der Waals surface area contributed by atoms with Crippen molar-refractivity contribution in [2.75, 3.05) is 14.1 Å². The Hall–Kier alpha value is -5.18. The molecule has 0 radical (unpaired) electrons. The molecule has 4 aromatic rings. The fourth-order valence-corrected chi connectivity index (χ4v) is 4.02. The second kappa shape index (κ2) is 11.1. The van der Waals surface area contributed by atoms with Gasteiger partial charge in [-0.3, -0.25) is 9.59 Å². The first kappa shape index (κ1) is 28.8. The number of carbonyl (C=O) groups excluding carboxylic acids is 1. The van der Waals surface area contributed by atoms with Crippen LogP contribution in [-0.4, -0.2) is 34.6 Å². The standard InChI is InChI=1S/C29H20F5N3O4/c1-36(2)27(39)21-12-20(9-10-26(21)38)41-19-7-4-16(5-8-19)25-13-23(29(32,33)34)22(14-35)28(40)37(25)15-17-3-6-18(30)11-24(17)31/h3-13,38H,15H2,1-2H3. The van der Waals surface area contributed by atoms with E-state index < -0.39 is 46.9 Å². The van der Waals surface area contributed by atoms with Crippen molar-refractivity contribution in [2.45, 2.75) is 12.7 Å². The second-order valence-corrected chi connectivity index (χ2v) is 9.06. The lowest BCUT2D eigenvalue weighted by Gasteiger charge is -2.18. The molecule has 4 rings (SSSR count). The highest BCUT2D eigenvalue weighted by Crippen LogP contribution is 2.35. The Morgan fingerprint density at radius 1 is 1.00 bits per heavy atom. The zero-order chi connectivity index (χ0) is 30.1. The van der Waals surface area contributed by atoms with Crippen molar-refractivity contribution in [3.63, 3.8) is 0 Å². The summed E-state index contributed by atoms with van der Waals surface area (Å²) in [6, 6.07) is 13.9. The van der Waals surface area contributed by atoms with Crippen molar-refractivity contribution >= 4 is 5.91 Å². The molecular formula is C29H20F5N3O4. The van der Waals surface area contributed by atoms with Gasteiger partial charge in [-0.25, -0.2) is 8.78 Å². The molecule has 1 amide bonds. The summed E-state index contributed by atoms with van der Waals surface area (Å²) >= 11 is 0. The molecule has 0 saturated heterocycles. The molecule has 0 spiro atoms. The van der Waals surface area contributed by atoms with Gasteiger partial charge in [0, 0.05) is 25.7 Å². The number of carbonyl (C=O) groups is 1. The van der Waals surface area contributed by atoms with E-state index in [4.69, 9.17) is 4.74 Å². The van der Waals surface area contributed by atoms with Crippen molar-refractivity contribution in [1.29, 1.82) is 5.26 Å². The molecule has 210 valence electrons. The van der Waals surface area contributed by atoms with Crippen LogP contribution >= 0.6 is 0 Å². The van der Waals surface area contributed by atoms with Gasteiger partial charge < -0.3 is 19.3 Å². The Morgan fingerprint density at radius 3 is 2.24 bits per heavy atom. The topological polar surface area (TPSA) is 95.6 Å². The van der Waals surface area contributed by atoms with Crippen LogP contribution < -0.4 is 10.3 Å². The number of nitriles is 1. The smallest absolute Gasteiger partial charge is 0.417 e. The Morgan fingerprint density at radius 2 is 1.66 bits per heavy atom. The maximum absolute atomic E-state index is 14.4. The van der Waals surface area contributed by atoms with Gasteiger partial charge in [0.15, 0.2) is 0 Å². The van der Waals surface area contributed by atoms with Crippen molar-refractivity contribution in [3.05, 3.63) is 111 Å². The monoisotopic (exact) mass is 569 g/mol. The predicted molar refractivity (Wildman–Crippen MR) is 138 cm³/mol. The number of aromatic hydroxyl groups is 1. The van der Waals surface area contributed by atoms with Crippen LogP contribution in [0.25, 0.3) is 11.3 Å². The van der Waals surface area contributed by atoms with Crippen LogP contribution in [0.5, 0.6) is 17.2 Å². The fraction of sp³-hybridized carbons (Fsp3) is 0.138. The fourth-order valence-electron chi connectivity index (χ4n) is 4.02. The molecule has 12 heteroatoms. The molecule has 7 nitrogen and oxygen atoms in total. The number of pyridine rings is 1. The van der Waals surface area contributed by atoms with Crippen LogP contribution in [0.1, 0.15) is 27.0 Å². The van der Waals surface area contributed by atoms with Crippen LogP contribution in [0.15, 0.2) is 71.5 Å². The normalized spacial score (nSPS) is 11.2. The van der Waals surface area contributed by atoms with Crippen LogP contribution in [0, 0.1) is 23.0 Å². The third kappa shape index (κ3) is 6.04. The van der Waals surface area contributed by atoms with Crippen molar-refractivity contribution in [3.8, 4) is 34.6 Å². The van der Waals surface area contributed by atoms with Crippen LogP contribution in [0.2, 0.25) is 0 Å². The number of hydrogen-bond donors (Lipinski definition) is 1. The number of halogens is 5. The number of hydrogen-bond acceptors (Lipinski definition) is 5. The summed E-state index contributed by atoms with van der Waals surface area (Å²) in [5, 5.41) is 19.4. The molecule has 0 fully saturated rings. The van der Waals surface area contributed by atoms with E-state index in [1.807, 2.05) is 0 Å². The van der Waals surface area contributed by atoms with E-state index in [-0.39, 0.29) is 39.6 Å². The lowest BCUT2D eigenvalue weighted by Crippen LogP contribution is -2.29. The largest absolute Gasteiger partial charge is 0.507 e. The van der Waals surface area contributed by atoms with E-state index in [0.717, 1.165) is 16.7 Å². The molecular weight excluding hydrogens is 549 g/mol. The molecule has 0 saturated carbocycles. The zero-order valence-corrected chi connectivity index (χ0v) is 21.5. The summed E-state index contributed by atoms with van der Waals surface area (Å²) in [4.78, 5) is 26.6. The van der Waals surface area contributed by atoms with E-state index in [1.54, 1.807) is 0 Å². The molecule has 0 aliphatic rings. The first-order chi connectivity index (χ1) is 19.3. The van der Waals surface area contributed by atoms with E-state index >= 15 is 0 Å². The number of rotatable bonds is 6. The molecule has 3 aromatic carbocycles. The number of phenolic OH excluding ortho intramolecular Hbond substituents is 1. The number of nitrogens with zero attached hydrogens (tertiary/aromatic N) is 3. The van der Waals surface area contributed by atoms with Crippen molar-refractivity contribution < 1.29 is 36.6 Å². The molecule has 1 aromatic heterocycles. The van der Waals surface area contributed by atoms with Gasteiger partial charge in [0.05, 0.1) is 23.4 Å². The van der Waals surface area contributed by atoms with Crippen LogP contribution in [0.3, 0.4) is 0 Å². The lowest BCUT2D eigenvalue weighted by molar-refractivity contribution is -0.137. The number of phenols is 1. The number of aromatic nitrogens is 1. The first-order valence-electron chi connectivity index (χ1n) is 11.8. The SMILES string of the molecule is CN(C)C(=O)c1cc(Oc2ccc(-c3cc(C(F)(F)F)c(C#N)c(=O)n3Cc3ccc(F)cc3F)cc2)ccc1O. The van der Waals surface area contributed by atoms with Gasteiger partial charge >= 0.3 is 6.18 Å². The molecule has 0 aliphatic heterocycles. The number of benzene rings is 3. The van der Waals surface area contributed by atoms with E-state index in [1.165, 1.54) is 67.5 Å². The van der Waals surface area contributed by atoms with Gasteiger partial charge in [-0.05, 0) is 60.2 Å². The van der Waals surface area contributed by atoms with Gasteiger partial charge in [0.1, 0.15) is 40.5 Å². The Bertz CT molecular complexity index is 1740. The Balaban J connectivity index is 1.78. The third-order valence-electron chi connectivity index (χ3n) is 6.05. The highest BCUT2D eigenvalue weighted by Gasteiger charge is 2.36. The van der Waals surface area contributed by atoms with E-state index in [0.29, 0.717) is 12.1 Å². The summed E-state index contributed by atoms with van der Waals surface area (Å²) < 4.78 is 75.7. The first-order valence-corrected chi connectivity index (χ1v) is 11.8. The summed E-state index contributed by atoms with van der Waals surface area (Å²) in [5.41, 5.74) is -4.31. The van der Waals surface area contributed by atoms with Crippen molar-refractivity contribution in [2.24, 2.45) is 0 Å². The number of amides is 1. The molecule has 0 aliphatic carbocycles. The van der Waals surface area contributed by atoms with Gasteiger partial charge in [-0.15, -0.1) is 0 Å². The van der Waals surface area contributed by atoms with E-state index in [2.05, 4.69) is 0 Å². The van der Waals surface area contributed by atoms with Gasteiger partial charge in [0.25, 0.3) is 11.5 Å². The maximum atomic E-state index is 14.4. The number of ether oxygens (including phenoxy) is 1. The van der Waals surface area contributed by atoms with Gasteiger partial charge in [-0.2, -0.15) is 18.4 Å². The second-order valence-electron chi connectivity index (χ2n) is 9.06. The zero-order valence-electron chi connectivity index (χ0n) is 21.5. The summed E-state index contributed by atoms with van der Waals surface area (Å²) in [5.74, 6) is -2.26. The minimum atomic E-state index is -5.04. The Kier molecular flexibility index (Phi) is 7.82. The van der Waals surface area contributed by atoms with Crippen molar-refractivity contribution in [1.82, 2.24) is 9.47 Å². The Labute approximate surface area is 229 Å². The third-order valence-corrected chi connectivity index (χ3v) is 6.05. The molecule has 0 atom stereocenters. The highest BCUT2D eigenvalue weighted by atomic mass is 19.4. The predicted octanol–water partition coefficient (Wildman–Crippen LogP) is 5.93. The van der Waals surface area contributed by atoms with Crippen LogP contribution in [-0.2, 0) is 12.7 Å². The maximum Gasteiger partial charge on any atom is 0.417 e. The molecule has 41 heavy (non-hydrogen) atoms.